The molecule has 2 nitrogen and oxygen atoms in total. The topological polar surface area (TPSA) is 37.3 Å². The Kier molecular flexibility index (Phi) is 2.73. The lowest BCUT2D eigenvalue weighted by molar-refractivity contribution is 0.0757. The quantitative estimate of drug-likeness (QED) is 0.873. The van der Waals surface area contributed by atoms with Crippen LogP contribution in [-0.2, 0) is 6.42 Å². The zero-order valence-electron chi connectivity index (χ0n) is 9.91. The summed E-state index contributed by atoms with van der Waals surface area (Å²) in [6.07, 6.45) is -0.0795. The zero-order chi connectivity index (χ0) is 12.5. The number of ketones is 1. The summed E-state index contributed by atoms with van der Waals surface area (Å²) in [6.45, 7) is 0. The summed E-state index contributed by atoms with van der Waals surface area (Å²) in [4.78, 5) is 12.3. The van der Waals surface area contributed by atoms with Gasteiger partial charge in [0.25, 0.3) is 0 Å². The molecule has 90 valence electrons. The van der Waals surface area contributed by atoms with Crippen molar-refractivity contribution in [2.24, 2.45) is 5.92 Å². The second kappa shape index (κ2) is 4.39. The van der Waals surface area contributed by atoms with E-state index >= 15 is 0 Å². The van der Waals surface area contributed by atoms with E-state index < -0.39 is 6.10 Å². The average molecular weight is 238 g/mol. The fraction of sp³-hybridized carbons (Fsp3) is 0.188. The van der Waals surface area contributed by atoms with E-state index in [4.69, 9.17) is 0 Å². The molecule has 2 aromatic carbocycles. The van der Waals surface area contributed by atoms with Gasteiger partial charge in [-0.15, -0.1) is 0 Å². The van der Waals surface area contributed by atoms with Gasteiger partial charge in [-0.3, -0.25) is 4.79 Å². The van der Waals surface area contributed by atoms with Gasteiger partial charge >= 0.3 is 0 Å². The van der Waals surface area contributed by atoms with Crippen molar-refractivity contribution in [2.45, 2.75) is 12.5 Å². The lowest BCUT2D eigenvalue weighted by Crippen LogP contribution is -2.16. The van der Waals surface area contributed by atoms with Crippen LogP contribution in [0, 0.1) is 5.92 Å². The van der Waals surface area contributed by atoms with Crippen molar-refractivity contribution in [3.63, 3.8) is 0 Å². The predicted molar refractivity (Wildman–Crippen MR) is 69.4 cm³/mol. The summed E-state index contributed by atoms with van der Waals surface area (Å²) in [5, 5.41) is 10.3. The van der Waals surface area contributed by atoms with Crippen LogP contribution < -0.4 is 0 Å². The van der Waals surface area contributed by atoms with Gasteiger partial charge in [-0.25, -0.2) is 0 Å². The van der Waals surface area contributed by atoms with Crippen LogP contribution in [0.5, 0.6) is 0 Å². The van der Waals surface area contributed by atoms with Crippen LogP contribution in [0.25, 0.3) is 0 Å². The van der Waals surface area contributed by atoms with E-state index in [0.29, 0.717) is 12.0 Å². The summed E-state index contributed by atoms with van der Waals surface area (Å²) in [5.74, 6) is -0.285. The molecule has 2 aromatic rings. The summed E-state index contributed by atoms with van der Waals surface area (Å²) < 4.78 is 0. The molecule has 0 amide bonds. The number of rotatable bonds is 2. The lowest BCUT2D eigenvalue weighted by Gasteiger charge is -2.13. The van der Waals surface area contributed by atoms with E-state index in [1.54, 1.807) is 6.07 Å². The molecule has 0 aromatic heterocycles. The molecule has 2 atom stereocenters. The van der Waals surface area contributed by atoms with Crippen LogP contribution in [0.2, 0.25) is 0 Å². The molecule has 0 saturated heterocycles. The van der Waals surface area contributed by atoms with E-state index in [1.165, 1.54) is 0 Å². The van der Waals surface area contributed by atoms with Gasteiger partial charge in [-0.1, -0.05) is 54.6 Å². The molecule has 0 fully saturated rings. The molecule has 0 spiro atoms. The van der Waals surface area contributed by atoms with E-state index in [0.717, 1.165) is 11.1 Å². The van der Waals surface area contributed by atoms with Gasteiger partial charge < -0.3 is 5.11 Å². The normalized spacial score (nSPS) is 21.9. The molecule has 18 heavy (non-hydrogen) atoms. The number of hydrogen-bond donors (Lipinski definition) is 1. The van der Waals surface area contributed by atoms with E-state index in [2.05, 4.69) is 0 Å². The predicted octanol–water partition coefficient (Wildman–Crippen LogP) is 2.78. The Morgan fingerprint density at radius 3 is 2.33 bits per heavy atom. The third kappa shape index (κ3) is 1.75. The Hall–Kier alpha value is -1.93. The molecule has 0 unspecified atom stereocenters. The molecule has 1 aliphatic rings. The maximum absolute atomic E-state index is 12.3. The van der Waals surface area contributed by atoms with E-state index in [-0.39, 0.29) is 11.7 Å². The number of hydrogen-bond acceptors (Lipinski definition) is 2. The van der Waals surface area contributed by atoms with Crippen molar-refractivity contribution in [3.05, 3.63) is 71.3 Å². The number of benzene rings is 2. The Labute approximate surface area is 106 Å². The van der Waals surface area contributed by atoms with Crippen LogP contribution in [0.15, 0.2) is 54.6 Å². The minimum absolute atomic E-state index is 0.0574. The van der Waals surface area contributed by atoms with Gasteiger partial charge in [0.15, 0.2) is 5.78 Å². The standard InChI is InChI=1S/C16H14O2/c17-15-12-8-4-5-9-13(12)16(18)14(15)10-11-6-2-1-3-7-11/h1-9,14-15,17H,10H2/t14-,15+/m1/s1. The summed E-state index contributed by atoms with van der Waals surface area (Å²) in [6, 6.07) is 17.2. The van der Waals surface area contributed by atoms with Gasteiger partial charge in [0.1, 0.15) is 0 Å². The number of aliphatic hydroxyl groups is 1. The van der Waals surface area contributed by atoms with Gasteiger partial charge in [0, 0.05) is 5.56 Å². The average Bonchev–Trinajstić information content (AvgIpc) is 2.66. The lowest BCUT2D eigenvalue weighted by atomic mass is 9.94. The fourth-order valence-electron chi connectivity index (χ4n) is 2.61. The molecule has 1 aliphatic carbocycles. The first kappa shape index (κ1) is 11.2. The summed E-state index contributed by atoms with van der Waals surface area (Å²) in [7, 11) is 0. The largest absolute Gasteiger partial charge is 0.388 e. The molecule has 0 saturated carbocycles. The monoisotopic (exact) mass is 238 g/mol. The van der Waals surface area contributed by atoms with E-state index in [1.807, 2.05) is 48.5 Å². The molecular formula is C16H14O2. The second-order valence-corrected chi connectivity index (χ2v) is 4.69. The van der Waals surface area contributed by atoms with Gasteiger partial charge in [0.2, 0.25) is 0 Å². The van der Waals surface area contributed by atoms with Crippen LogP contribution in [-0.4, -0.2) is 10.9 Å². The number of carbonyl (C=O) groups is 1. The highest BCUT2D eigenvalue weighted by Crippen LogP contribution is 2.37. The summed E-state index contributed by atoms with van der Waals surface area (Å²) in [5.41, 5.74) is 2.53. The molecule has 1 N–H and O–H groups in total. The minimum Gasteiger partial charge on any atom is -0.388 e. The zero-order valence-corrected chi connectivity index (χ0v) is 9.91. The van der Waals surface area contributed by atoms with Crippen LogP contribution in [0.3, 0.4) is 0 Å². The second-order valence-electron chi connectivity index (χ2n) is 4.69. The van der Waals surface area contributed by atoms with Crippen molar-refractivity contribution in [1.29, 1.82) is 0 Å². The number of Topliss-reactive ketones (excluding diaryl/α,β-unsaturated/α-hetero) is 1. The fourth-order valence-corrected chi connectivity index (χ4v) is 2.61. The first-order chi connectivity index (χ1) is 8.77. The van der Waals surface area contributed by atoms with Crippen molar-refractivity contribution >= 4 is 5.78 Å². The van der Waals surface area contributed by atoms with Gasteiger partial charge in [-0.2, -0.15) is 0 Å². The van der Waals surface area contributed by atoms with Gasteiger partial charge in [-0.05, 0) is 17.5 Å². The highest BCUT2D eigenvalue weighted by atomic mass is 16.3. The number of aliphatic hydroxyl groups excluding tert-OH is 1. The minimum atomic E-state index is -0.672. The van der Waals surface area contributed by atoms with Crippen molar-refractivity contribution in [3.8, 4) is 0 Å². The van der Waals surface area contributed by atoms with Crippen molar-refractivity contribution in [1.82, 2.24) is 0 Å². The molecule has 0 radical (unpaired) electrons. The Balaban J connectivity index is 1.91. The third-order valence-electron chi connectivity index (χ3n) is 3.56. The van der Waals surface area contributed by atoms with Crippen LogP contribution >= 0.6 is 0 Å². The SMILES string of the molecule is O=C1c2ccccc2[C@H](O)[C@H]1Cc1ccccc1. The third-order valence-corrected chi connectivity index (χ3v) is 3.56. The maximum Gasteiger partial charge on any atom is 0.169 e. The molecule has 0 aliphatic heterocycles. The first-order valence-electron chi connectivity index (χ1n) is 6.12. The molecule has 3 rings (SSSR count). The van der Waals surface area contributed by atoms with Gasteiger partial charge in [0.05, 0.1) is 12.0 Å². The molecular weight excluding hydrogens is 224 g/mol. The maximum atomic E-state index is 12.3. The van der Waals surface area contributed by atoms with Crippen molar-refractivity contribution < 1.29 is 9.90 Å². The smallest absolute Gasteiger partial charge is 0.169 e. The van der Waals surface area contributed by atoms with Crippen molar-refractivity contribution in [2.75, 3.05) is 0 Å². The molecule has 0 bridgehead atoms. The highest BCUT2D eigenvalue weighted by Gasteiger charge is 2.38. The Morgan fingerprint density at radius 1 is 0.944 bits per heavy atom. The Bertz CT molecular complexity index is 575. The molecule has 0 heterocycles. The van der Waals surface area contributed by atoms with Crippen LogP contribution in [0.4, 0.5) is 0 Å². The summed E-state index contributed by atoms with van der Waals surface area (Å²) >= 11 is 0. The molecule has 2 heteroatoms. The first-order valence-corrected chi connectivity index (χ1v) is 6.12. The number of carbonyl (C=O) groups excluding carboxylic acids is 1. The Morgan fingerprint density at radius 2 is 1.61 bits per heavy atom. The highest BCUT2D eigenvalue weighted by molar-refractivity contribution is 6.03. The van der Waals surface area contributed by atoms with Crippen LogP contribution in [0.1, 0.15) is 27.6 Å². The van der Waals surface area contributed by atoms with E-state index in [9.17, 15) is 9.90 Å². The number of fused-ring (bicyclic) bond motifs is 1.